The molecule has 0 fully saturated rings. The van der Waals surface area contributed by atoms with Gasteiger partial charge in [0, 0.05) is 6.20 Å². The normalized spacial score (nSPS) is 10.2. The summed E-state index contributed by atoms with van der Waals surface area (Å²) in [7, 11) is 0. The van der Waals surface area contributed by atoms with E-state index in [1.807, 2.05) is 18.4 Å². The number of thiophene rings is 1. The summed E-state index contributed by atoms with van der Waals surface area (Å²) in [6.07, 6.45) is 1.80. The lowest BCUT2D eigenvalue weighted by Crippen LogP contribution is -1.88. The van der Waals surface area contributed by atoms with Crippen molar-refractivity contribution in [2.45, 2.75) is 6.92 Å². The smallest absolute Gasteiger partial charge is 0.197 e. The fourth-order valence-corrected chi connectivity index (χ4v) is 2.08. The quantitative estimate of drug-likeness (QED) is 0.729. The molecule has 2 aromatic rings. The SMILES string of the molecule is Cc1cnc(=S)[nH]c1-c1cccs1. The van der Waals surface area contributed by atoms with Crippen molar-refractivity contribution in [1.29, 1.82) is 0 Å². The Labute approximate surface area is 85.3 Å². The van der Waals surface area contributed by atoms with Gasteiger partial charge in [-0.1, -0.05) is 6.07 Å². The van der Waals surface area contributed by atoms with E-state index in [-0.39, 0.29) is 0 Å². The Morgan fingerprint density at radius 3 is 3.08 bits per heavy atom. The van der Waals surface area contributed by atoms with E-state index in [0.29, 0.717) is 4.77 Å². The van der Waals surface area contributed by atoms with Crippen LogP contribution in [0.25, 0.3) is 10.6 Å². The summed E-state index contributed by atoms with van der Waals surface area (Å²) in [5.41, 5.74) is 2.20. The maximum atomic E-state index is 4.97. The van der Waals surface area contributed by atoms with E-state index in [1.165, 1.54) is 4.88 Å². The van der Waals surface area contributed by atoms with E-state index >= 15 is 0 Å². The van der Waals surface area contributed by atoms with Gasteiger partial charge in [-0.05, 0) is 36.2 Å². The number of aromatic amines is 1. The number of nitrogens with zero attached hydrogens (tertiary/aromatic N) is 1. The highest BCUT2D eigenvalue weighted by Crippen LogP contribution is 2.24. The highest BCUT2D eigenvalue weighted by Gasteiger charge is 2.02. The van der Waals surface area contributed by atoms with E-state index in [0.717, 1.165) is 11.3 Å². The van der Waals surface area contributed by atoms with Crippen molar-refractivity contribution in [3.8, 4) is 10.6 Å². The maximum absolute atomic E-state index is 4.97. The molecule has 2 aromatic heterocycles. The second kappa shape index (κ2) is 3.40. The third-order valence-corrected chi connectivity index (χ3v) is 2.86. The number of H-pyrrole nitrogens is 1. The minimum atomic E-state index is 0.536. The predicted octanol–water partition coefficient (Wildman–Crippen LogP) is 3.18. The van der Waals surface area contributed by atoms with Crippen molar-refractivity contribution in [1.82, 2.24) is 9.97 Å². The third-order valence-electron chi connectivity index (χ3n) is 1.77. The number of hydrogen-bond donors (Lipinski definition) is 1. The van der Waals surface area contributed by atoms with E-state index in [2.05, 4.69) is 16.0 Å². The maximum Gasteiger partial charge on any atom is 0.197 e. The second-order valence-electron chi connectivity index (χ2n) is 2.72. The number of rotatable bonds is 1. The van der Waals surface area contributed by atoms with Crippen LogP contribution in [0.15, 0.2) is 23.7 Å². The van der Waals surface area contributed by atoms with Gasteiger partial charge in [-0.2, -0.15) is 0 Å². The standard InChI is InChI=1S/C9H8N2S2/c1-6-5-10-9(12)11-8(6)7-3-2-4-13-7/h2-5H,1H3,(H,10,11,12). The summed E-state index contributed by atoms with van der Waals surface area (Å²) in [6, 6.07) is 4.09. The molecule has 0 unspecified atom stereocenters. The van der Waals surface area contributed by atoms with Crippen molar-refractivity contribution in [2.24, 2.45) is 0 Å². The third kappa shape index (κ3) is 1.68. The lowest BCUT2D eigenvalue weighted by Gasteiger charge is -2.01. The zero-order valence-electron chi connectivity index (χ0n) is 7.07. The largest absolute Gasteiger partial charge is 0.329 e. The van der Waals surface area contributed by atoms with Crippen LogP contribution in [0.4, 0.5) is 0 Å². The van der Waals surface area contributed by atoms with Gasteiger partial charge in [0.15, 0.2) is 4.77 Å². The Morgan fingerprint density at radius 2 is 2.38 bits per heavy atom. The number of hydrogen-bond acceptors (Lipinski definition) is 3. The molecule has 0 aliphatic heterocycles. The van der Waals surface area contributed by atoms with E-state index in [1.54, 1.807) is 17.5 Å². The van der Waals surface area contributed by atoms with Crippen LogP contribution in [0, 0.1) is 11.7 Å². The molecule has 1 N–H and O–H groups in total. The van der Waals surface area contributed by atoms with Gasteiger partial charge in [0.05, 0.1) is 10.6 Å². The van der Waals surface area contributed by atoms with Crippen LogP contribution >= 0.6 is 23.6 Å². The van der Waals surface area contributed by atoms with E-state index < -0.39 is 0 Å². The topological polar surface area (TPSA) is 28.7 Å². The van der Waals surface area contributed by atoms with Crippen molar-refractivity contribution in [3.05, 3.63) is 34.0 Å². The summed E-state index contributed by atoms with van der Waals surface area (Å²) in [4.78, 5) is 8.31. The van der Waals surface area contributed by atoms with Gasteiger partial charge in [0.25, 0.3) is 0 Å². The summed E-state index contributed by atoms with van der Waals surface area (Å²) in [5, 5.41) is 2.05. The van der Waals surface area contributed by atoms with Crippen LogP contribution in [0.1, 0.15) is 5.56 Å². The van der Waals surface area contributed by atoms with Crippen LogP contribution in [-0.2, 0) is 0 Å². The molecule has 4 heteroatoms. The lowest BCUT2D eigenvalue weighted by molar-refractivity contribution is 1.11. The number of aromatic nitrogens is 2. The van der Waals surface area contributed by atoms with Gasteiger partial charge in [0.1, 0.15) is 0 Å². The van der Waals surface area contributed by atoms with Gasteiger partial charge in [-0.3, -0.25) is 0 Å². The lowest BCUT2D eigenvalue weighted by atomic mass is 10.2. The van der Waals surface area contributed by atoms with Crippen LogP contribution < -0.4 is 0 Å². The van der Waals surface area contributed by atoms with Crippen molar-refractivity contribution >= 4 is 23.6 Å². The molecule has 0 atom stereocenters. The second-order valence-corrected chi connectivity index (χ2v) is 4.06. The number of nitrogens with one attached hydrogen (secondary N) is 1. The summed E-state index contributed by atoms with van der Waals surface area (Å²) < 4.78 is 0.536. The zero-order valence-corrected chi connectivity index (χ0v) is 8.71. The predicted molar refractivity (Wildman–Crippen MR) is 57.5 cm³/mol. The Bertz CT molecular complexity index is 457. The number of aryl methyl sites for hydroxylation is 1. The Balaban J connectivity index is 2.64. The Kier molecular flexibility index (Phi) is 2.24. The highest BCUT2D eigenvalue weighted by atomic mass is 32.1. The summed E-state index contributed by atoms with van der Waals surface area (Å²) in [5.74, 6) is 0. The van der Waals surface area contributed by atoms with Gasteiger partial charge >= 0.3 is 0 Å². The molecule has 0 spiro atoms. The van der Waals surface area contributed by atoms with Crippen molar-refractivity contribution < 1.29 is 0 Å². The molecule has 13 heavy (non-hydrogen) atoms. The molecule has 0 amide bonds. The fraction of sp³-hybridized carbons (Fsp3) is 0.111. The monoisotopic (exact) mass is 208 g/mol. The van der Waals surface area contributed by atoms with Gasteiger partial charge in [0.2, 0.25) is 0 Å². The van der Waals surface area contributed by atoms with Crippen molar-refractivity contribution in [2.75, 3.05) is 0 Å². The highest BCUT2D eigenvalue weighted by molar-refractivity contribution is 7.71. The molecule has 0 bridgehead atoms. The average Bonchev–Trinajstić information content (AvgIpc) is 2.61. The van der Waals surface area contributed by atoms with Crippen molar-refractivity contribution in [3.63, 3.8) is 0 Å². The average molecular weight is 208 g/mol. The van der Waals surface area contributed by atoms with Gasteiger partial charge in [-0.15, -0.1) is 11.3 Å². The van der Waals surface area contributed by atoms with Gasteiger partial charge in [-0.25, -0.2) is 4.98 Å². The first kappa shape index (κ1) is 8.59. The van der Waals surface area contributed by atoms with E-state index in [9.17, 15) is 0 Å². The molecule has 0 aromatic carbocycles. The molecule has 2 heterocycles. The van der Waals surface area contributed by atoms with Crippen LogP contribution in [0.5, 0.6) is 0 Å². The summed E-state index contributed by atoms with van der Waals surface area (Å²) >= 11 is 6.66. The molecule has 2 rings (SSSR count). The minimum Gasteiger partial charge on any atom is -0.329 e. The van der Waals surface area contributed by atoms with Crippen LogP contribution in [-0.4, -0.2) is 9.97 Å². The molecule has 0 radical (unpaired) electrons. The summed E-state index contributed by atoms with van der Waals surface area (Å²) in [6.45, 7) is 2.02. The Hall–Kier alpha value is -1.00. The molecule has 0 aliphatic rings. The molecule has 0 saturated carbocycles. The molecular weight excluding hydrogens is 200 g/mol. The molecular formula is C9H8N2S2. The molecule has 0 aliphatic carbocycles. The Morgan fingerprint density at radius 1 is 1.54 bits per heavy atom. The molecule has 66 valence electrons. The molecule has 2 nitrogen and oxygen atoms in total. The van der Waals surface area contributed by atoms with Crippen LogP contribution in [0.3, 0.4) is 0 Å². The first-order valence-corrected chi connectivity index (χ1v) is 5.16. The van der Waals surface area contributed by atoms with Crippen LogP contribution in [0.2, 0.25) is 0 Å². The fourth-order valence-electron chi connectivity index (χ4n) is 1.13. The molecule has 0 saturated heterocycles. The van der Waals surface area contributed by atoms with Gasteiger partial charge < -0.3 is 4.98 Å². The van der Waals surface area contributed by atoms with E-state index in [4.69, 9.17) is 12.2 Å². The minimum absolute atomic E-state index is 0.536. The first-order chi connectivity index (χ1) is 6.27. The first-order valence-electron chi connectivity index (χ1n) is 3.87. The zero-order chi connectivity index (χ0) is 9.26.